The lowest BCUT2D eigenvalue weighted by Crippen LogP contribution is -2.61. The number of hydrogen-bond acceptors (Lipinski definition) is 8. The molecule has 2 unspecified atom stereocenters. The van der Waals surface area contributed by atoms with Crippen LogP contribution in [0.1, 0.15) is 36.8 Å². The Morgan fingerprint density at radius 2 is 1.97 bits per heavy atom. The highest BCUT2D eigenvalue weighted by molar-refractivity contribution is 7.90. The van der Waals surface area contributed by atoms with Gasteiger partial charge in [0.25, 0.3) is 0 Å². The average molecular weight is 490 g/mol. The molecular weight excluding hydrogens is 466 g/mol. The number of sulfonamides is 1. The highest BCUT2D eigenvalue weighted by Crippen LogP contribution is 2.39. The van der Waals surface area contributed by atoms with Gasteiger partial charge >= 0.3 is 0 Å². The molecule has 5 rings (SSSR count). The molecule has 11 heteroatoms. The number of piperidine rings is 1. The Kier molecular flexibility index (Phi) is 5.91. The number of ether oxygens (including phenoxy) is 2. The second-order valence-electron chi connectivity index (χ2n) is 8.71. The molecular formula is C22H24ClN5O4S. The van der Waals surface area contributed by atoms with E-state index in [0.717, 1.165) is 12.8 Å². The van der Waals surface area contributed by atoms with Gasteiger partial charge < -0.3 is 14.8 Å². The summed E-state index contributed by atoms with van der Waals surface area (Å²) in [4.78, 5) is 8.62. The Labute approximate surface area is 197 Å². The average Bonchev–Trinajstić information content (AvgIpc) is 3.63. The van der Waals surface area contributed by atoms with Crippen molar-refractivity contribution in [2.45, 2.75) is 56.0 Å². The number of rotatable bonds is 6. The van der Waals surface area contributed by atoms with Gasteiger partial charge in [-0.25, -0.2) is 18.4 Å². The van der Waals surface area contributed by atoms with Gasteiger partial charge in [0.05, 0.1) is 58.5 Å². The number of nitrogens with one attached hydrogen (secondary N) is 1. The molecule has 1 aromatic carbocycles. The van der Waals surface area contributed by atoms with Gasteiger partial charge in [0, 0.05) is 12.8 Å². The normalized spacial score (nSPS) is 25.3. The van der Waals surface area contributed by atoms with E-state index in [9.17, 15) is 8.42 Å². The van der Waals surface area contributed by atoms with Crippen LogP contribution in [0.4, 0.5) is 11.5 Å². The molecule has 1 saturated carbocycles. The highest BCUT2D eigenvalue weighted by atomic mass is 35.5. The van der Waals surface area contributed by atoms with Gasteiger partial charge in [0.2, 0.25) is 15.9 Å². The number of anilines is 2. The van der Waals surface area contributed by atoms with E-state index in [-0.39, 0.29) is 23.4 Å². The van der Waals surface area contributed by atoms with Crippen molar-refractivity contribution in [2.75, 3.05) is 18.5 Å². The summed E-state index contributed by atoms with van der Waals surface area (Å²) in [5.41, 5.74) is 1.81. The first-order valence-corrected chi connectivity index (χ1v) is 12.8. The molecule has 0 spiro atoms. The van der Waals surface area contributed by atoms with E-state index < -0.39 is 10.0 Å². The molecule has 2 bridgehead atoms. The molecule has 1 aliphatic carbocycles. The van der Waals surface area contributed by atoms with Crippen molar-refractivity contribution in [3.8, 4) is 11.9 Å². The predicted molar refractivity (Wildman–Crippen MR) is 122 cm³/mol. The maximum absolute atomic E-state index is 12.9. The molecule has 0 radical (unpaired) electrons. The first-order chi connectivity index (χ1) is 15.9. The minimum absolute atomic E-state index is 0.172. The predicted octanol–water partition coefficient (Wildman–Crippen LogP) is 3.16. The lowest BCUT2D eigenvalue weighted by molar-refractivity contribution is -0.0618. The number of nitrogens with zero attached hydrogens (tertiary/aromatic N) is 4. The van der Waals surface area contributed by atoms with Crippen molar-refractivity contribution in [3.05, 3.63) is 40.7 Å². The van der Waals surface area contributed by atoms with Gasteiger partial charge in [-0.15, -0.1) is 0 Å². The third-order valence-corrected chi connectivity index (χ3v) is 9.13. The summed E-state index contributed by atoms with van der Waals surface area (Å²) < 4.78 is 39.5. The second kappa shape index (κ2) is 8.72. The maximum atomic E-state index is 12.9. The van der Waals surface area contributed by atoms with Crippen LogP contribution in [-0.4, -0.2) is 59.3 Å². The fourth-order valence-corrected chi connectivity index (χ4v) is 6.96. The fourth-order valence-electron chi connectivity index (χ4n) is 4.53. The molecule has 1 N–H and O–H groups in total. The third kappa shape index (κ3) is 4.38. The van der Waals surface area contributed by atoms with Crippen LogP contribution in [0, 0.1) is 18.3 Å². The quantitative estimate of drug-likeness (QED) is 0.657. The summed E-state index contributed by atoms with van der Waals surface area (Å²) in [5.74, 6) is 0.989. The molecule has 174 valence electrons. The third-order valence-electron chi connectivity index (χ3n) is 6.32. The van der Waals surface area contributed by atoms with Crippen molar-refractivity contribution < 1.29 is 17.9 Å². The topological polar surface area (TPSA) is 117 Å². The smallest absolute Gasteiger partial charge is 0.221 e. The van der Waals surface area contributed by atoms with Crippen LogP contribution in [0.25, 0.3) is 0 Å². The van der Waals surface area contributed by atoms with Gasteiger partial charge in [-0.3, -0.25) is 0 Å². The summed E-state index contributed by atoms with van der Waals surface area (Å²) in [7, 11) is -3.27. The lowest BCUT2D eigenvalue weighted by atomic mass is 9.94. The molecule has 3 aliphatic rings. The molecule has 33 heavy (non-hydrogen) atoms. The van der Waals surface area contributed by atoms with E-state index in [4.69, 9.17) is 26.3 Å². The van der Waals surface area contributed by atoms with Crippen LogP contribution in [0.15, 0.2) is 24.5 Å². The van der Waals surface area contributed by atoms with Crippen molar-refractivity contribution in [1.82, 2.24) is 14.3 Å². The molecule has 2 atom stereocenters. The molecule has 3 fully saturated rings. The monoisotopic (exact) mass is 489 g/mol. The Balaban J connectivity index is 1.32. The molecule has 0 amide bonds. The van der Waals surface area contributed by atoms with E-state index in [1.54, 1.807) is 22.5 Å². The Morgan fingerprint density at radius 1 is 1.24 bits per heavy atom. The van der Waals surface area contributed by atoms with Crippen LogP contribution in [0.2, 0.25) is 5.02 Å². The summed E-state index contributed by atoms with van der Waals surface area (Å²) in [6.45, 7) is 2.62. The number of fused-ring (bicyclic) bond motifs is 2. The second-order valence-corrected chi connectivity index (χ2v) is 11.2. The van der Waals surface area contributed by atoms with Crippen LogP contribution in [0.5, 0.6) is 5.88 Å². The fraction of sp³-hybridized carbons (Fsp3) is 0.500. The SMILES string of the molecule is Cc1c(Nc2ccc(C#N)cc2Cl)ncnc1OC1CC2COCC(C1)N2S(=O)(=O)C1CC1. The first-order valence-electron chi connectivity index (χ1n) is 10.9. The van der Waals surface area contributed by atoms with Crippen LogP contribution >= 0.6 is 11.6 Å². The minimum Gasteiger partial charge on any atom is -0.474 e. The number of halogens is 1. The number of aromatic nitrogens is 2. The maximum Gasteiger partial charge on any atom is 0.221 e. The van der Waals surface area contributed by atoms with Crippen molar-refractivity contribution in [1.29, 1.82) is 5.26 Å². The molecule has 1 aromatic heterocycles. The number of nitriles is 1. The number of hydrogen-bond donors (Lipinski definition) is 1. The van der Waals surface area contributed by atoms with Crippen molar-refractivity contribution >= 4 is 33.1 Å². The van der Waals surface area contributed by atoms with Gasteiger partial charge in [-0.05, 0) is 38.0 Å². The van der Waals surface area contributed by atoms with Crippen LogP contribution in [0.3, 0.4) is 0 Å². The van der Waals surface area contributed by atoms with E-state index in [1.807, 2.05) is 6.92 Å². The number of benzene rings is 1. The van der Waals surface area contributed by atoms with E-state index in [2.05, 4.69) is 21.4 Å². The van der Waals surface area contributed by atoms with E-state index in [0.29, 0.717) is 59.6 Å². The Morgan fingerprint density at radius 3 is 2.61 bits per heavy atom. The Hall–Kier alpha value is -2.45. The zero-order valence-electron chi connectivity index (χ0n) is 18.1. The summed E-state index contributed by atoms with van der Waals surface area (Å²) >= 11 is 6.28. The minimum atomic E-state index is -3.27. The van der Waals surface area contributed by atoms with E-state index >= 15 is 0 Å². The van der Waals surface area contributed by atoms with E-state index in [1.165, 1.54) is 6.33 Å². The lowest BCUT2D eigenvalue weighted by Gasteiger charge is -2.47. The zero-order valence-corrected chi connectivity index (χ0v) is 19.6. The zero-order chi connectivity index (χ0) is 23.2. The molecule has 2 saturated heterocycles. The molecule has 2 aromatic rings. The molecule has 3 heterocycles. The largest absolute Gasteiger partial charge is 0.474 e. The Bertz CT molecular complexity index is 1200. The molecule has 2 aliphatic heterocycles. The highest BCUT2D eigenvalue weighted by Gasteiger charge is 2.51. The number of morpholine rings is 1. The van der Waals surface area contributed by atoms with Crippen molar-refractivity contribution in [2.24, 2.45) is 0 Å². The summed E-state index contributed by atoms with van der Waals surface area (Å²) in [6, 6.07) is 6.60. The van der Waals surface area contributed by atoms with Crippen LogP contribution in [-0.2, 0) is 14.8 Å². The first kappa shape index (κ1) is 22.3. The van der Waals surface area contributed by atoms with Gasteiger partial charge in [-0.1, -0.05) is 11.6 Å². The van der Waals surface area contributed by atoms with Gasteiger partial charge in [0.15, 0.2) is 0 Å². The van der Waals surface area contributed by atoms with Crippen molar-refractivity contribution in [3.63, 3.8) is 0 Å². The summed E-state index contributed by atoms with van der Waals surface area (Å²) in [5, 5.41) is 12.4. The summed E-state index contributed by atoms with van der Waals surface area (Å²) in [6.07, 6.45) is 3.84. The molecule has 9 nitrogen and oxygen atoms in total. The van der Waals surface area contributed by atoms with Gasteiger partial charge in [-0.2, -0.15) is 9.57 Å². The van der Waals surface area contributed by atoms with Crippen LogP contribution < -0.4 is 10.1 Å². The van der Waals surface area contributed by atoms with Gasteiger partial charge in [0.1, 0.15) is 18.2 Å². The standard InChI is InChI=1S/C22H24ClN5O4S/c1-13-21(27-20-5-2-14(9-24)6-19(20)23)25-12-26-22(13)32-17-7-15-10-31-11-16(8-17)28(15)33(29,30)18-3-4-18/h2,5-6,12,15-18H,3-4,7-8,10-11H2,1H3,(H,25,26,27).